The summed E-state index contributed by atoms with van der Waals surface area (Å²) < 4.78 is 6.06. The molecule has 1 amide bonds. The minimum absolute atomic E-state index is 0.0600. The molecule has 5 heteroatoms. The molecule has 0 spiro atoms. The lowest BCUT2D eigenvalue weighted by Gasteiger charge is -2.12. The van der Waals surface area contributed by atoms with Gasteiger partial charge in [-0.1, -0.05) is 40.2 Å². The Labute approximate surface area is 141 Å². The Hall–Kier alpha value is -2.53. The summed E-state index contributed by atoms with van der Waals surface area (Å²) in [6.45, 7) is 0. The van der Waals surface area contributed by atoms with Gasteiger partial charge in [0.15, 0.2) is 0 Å². The van der Waals surface area contributed by atoms with E-state index >= 15 is 0 Å². The molecule has 0 aliphatic carbocycles. The second kappa shape index (κ2) is 6.30. The fourth-order valence-corrected chi connectivity index (χ4v) is 2.74. The topological polar surface area (TPSA) is 58.6 Å². The third kappa shape index (κ3) is 3.14. The largest absolute Gasteiger partial charge is 0.507 e. The van der Waals surface area contributed by atoms with Gasteiger partial charge in [-0.15, -0.1) is 0 Å². The van der Waals surface area contributed by atoms with Crippen LogP contribution in [-0.2, 0) is 0 Å². The quantitative estimate of drug-likeness (QED) is 0.708. The second-order valence-corrected chi connectivity index (χ2v) is 5.93. The molecule has 0 saturated heterocycles. The van der Waals surface area contributed by atoms with Crippen LogP contribution in [0.1, 0.15) is 10.4 Å². The van der Waals surface area contributed by atoms with Gasteiger partial charge in [0, 0.05) is 4.47 Å². The van der Waals surface area contributed by atoms with Gasteiger partial charge in [-0.25, -0.2) is 0 Å². The summed E-state index contributed by atoms with van der Waals surface area (Å²) >= 11 is 3.36. The van der Waals surface area contributed by atoms with Gasteiger partial charge in [0.2, 0.25) is 0 Å². The molecule has 0 atom stereocenters. The van der Waals surface area contributed by atoms with Crippen LogP contribution >= 0.6 is 15.9 Å². The molecule has 2 N–H and O–H groups in total. The van der Waals surface area contributed by atoms with E-state index in [4.69, 9.17) is 4.74 Å². The molecule has 4 nitrogen and oxygen atoms in total. The first-order chi connectivity index (χ1) is 11.1. The fourth-order valence-electron chi connectivity index (χ4n) is 2.38. The van der Waals surface area contributed by atoms with Crippen LogP contribution in [0.25, 0.3) is 10.8 Å². The van der Waals surface area contributed by atoms with E-state index in [1.807, 2.05) is 30.3 Å². The maximum Gasteiger partial charge on any atom is 0.259 e. The van der Waals surface area contributed by atoms with E-state index in [0.29, 0.717) is 11.4 Å². The van der Waals surface area contributed by atoms with Crippen molar-refractivity contribution in [2.75, 3.05) is 12.4 Å². The number of fused-ring (bicyclic) bond motifs is 1. The number of phenols is 1. The van der Waals surface area contributed by atoms with E-state index in [2.05, 4.69) is 21.2 Å². The number of ether oxygens (including phenoxy) is 1. The molecule has 0 bridgehead atoms. The zero-order valence-electron chi connectivity index (χ0n) is 12.3. The number of anilines is 1. The Morgan fingerprint density at radius 1 is 1.09 bits per heavy atom. The Bertz CT molecular complexity index is 893. The highest BCUT2D eigenvalue weighted by Gasteiger charge is 2.15. The van der Waals surface area contributed by atoms with Gasteiger partial charge in [0.25, 0.3) is 5.91 Å². The minimum atomic E-state index is -0.398. The van der Waals surface area contributed by atoms with E-state index < -0.39 is 5.91 Å². The number of carbonyl (C=O) groups is 1. The van der Waals surface area contributed by atoms with Crippen molar-refractivity contribution in [2.45, 2.75) is 0 Å². The highest BCUT2D eigenvalue weighted by Crippen LogP contribution is 2.30. The van der Waals surface area contributed by atoms with Crippen LogP contribution in [0, 0.1) is 0 Å². The maximum atomic E-state index is 12.5. The lowest BCUT2D eigenvalue weighted by molar-refractivity contribution is 0.102. The zero-order chi connectivity index (χ0) is 16.4. The van der Waals surface area contributed by atoms with Crippen molar-refractivity contribution in [1.29, 1.82) is 0 Å². The first-order valence-electron chi connectivity index (χ1n) is 6.95. The summed E-state index contributed by atoms with van der Waals surface area (Å²) in [4.78, 5) is 12.5. The summed E-state index contributed by atoms with van der Waals surface area (Å²) in [6, 6.07) is 16.1. The normalized spacial score (nSPS) is 10.5. The minimum Gasteiger partial charge on any atom is -0.507 e. The summed E-state index contributed by atoms with van der Waals surface area (Å²) in [5, 5.41) is 14.7. The van der Waals surface area contributed by atoms with Crippen molar-refractivity contribution in [3.63, 3.8) is 0 Å². The molecular weight excluding hydrogens is 358 g/mol. The predicted octanol–water partition coefficient (Wildman–Crippen LogP) is 4.57. The molecule has 0 aromatic heterocycles. The van der Waals surface area contributed by atoms with Crippen LogP contribution in [0.3, 0.4) is 0 Å². The van der Waals surface area contributed by atoms with Gasteiger partial charge in [0.05, 0.1) is 18.4 Å². The van der Waals surface area contributed by atoms with Crippen LogP contribution in [-0.4, -0.2) is 18.1 Å². The molecule has 0 aliphatic heterocycles. The fraction of sp³-hybridized carbons (Fsp3) is 0.0556. The Morgan fingerprint density at radius 3 is 2.48 bits per heavy atom. The number of aromatic hydroxyl groups is 1. The number of methoxy groups -OCH3 is 1. The molecule has 116 valence electrons. The molecule has 0 radical (unpaired) electrons. The van der Waals surface area contributed by atoms with Gasteiger partial charge in [-0.05, 0) is 41.1 Å². The van der Waals surface area contributed by atoms with Crippen molar-refractivity contribution in [3.05, 3.63) is 64.6 Å². The predicted molar refractivity (Wildman–Crippen MR) is 94.3 cm³/mol. The van der Waals surface area contributed by atoms with Crippen LogP contribution in [0.2, 0.25) is 0 Å². The van der Waals surface area contributed by atoms with Crippen molar-refractivity contribution in [3.8, 4) is 11.5 Å². The third-order valence-corrected chi connectivity index (χ3v) is 4.01. The molecule has 0 aliphatic rings. The molecule has 3 aromatic rings. The average molecular weight is 372 g/mol. The van der Waals surface area contributed by atoms with E-state index in [9.17, 15) is 9.90 Å². The first-order valence-corrected chi connectivity index (χ1v) is 7.74. The summed E-state index contributed by atoms with van der Waals surface area (Å²) in [6.07, 6.45) is 0. The summed E-state index contributed by atoms with van der Waals surface area (Å²) in [7, 11) is 1.53. The number of phenolic OH excluding ortho intramolecular Hbond substituents is 1. The monoisotopic (exact) mass is 371 g/mol. The van der Waals surface area contributed by atoms with Crippen LogP contribution in [0.4, 0.5) is 5.69 Å². The Balaban J connectivity index is 1.98. The first kappa shape index (κ1) is 15.4. The summed E-state index contributed by atoms with van der Waals surface area (Å²) in [5.74, 6) is 0.0849. The Kier molecular flexibility index (Phi) is 4.21. The number of hydrogen-bond acceptors (Lipinski definition) is 3. The molecule has 0 unspecified atom stereocenters. The number of halogens is 1. The molecule has 0 saturated carbocycles. The van der Waals surface area contributed by atoms with E-state index in [-0.39, 0.29) is 11.3 Å². The SMILES string of the molecule is COc1ccc(Br)cc1NC(=O)c1cc2ccccc2cc1O. The lowest BCUT2D eigenvalue weighted by Crippen LogP contribution is -2.13. The number of amides is 1. The number of nitrogens with one attached hydrogen (secondary N) is 1. The van der Waals surface area contributed by atoms with Crippen LogP contribution < -0.4 is 10.1 Å². The molecular formula is C18H14BrNO3. The standard InChI is InChI=1S/C18H14BrNO3/c1-23-17-7-6-13(19)10-15(17)20-18(22)14-8-11-4-2-3-5-12(11)9-16(14)21/h2-10,21H,1H3,(H,20,22). The second-order valence-electron chi connectivity index (χ2n) is 5.02. The summed E-state index contributed by atoms with van der Waals surface area (Å²) in [5.41, 5.74) is 0.741. The van der Waals surface area contributed by atoms with Crippen LogP contribution in [0.15, 0.2) is 59.1 Å². The number of carbonyl (C=O) groups excluding carboxylic acids is 1. The third-order valence-electron chi connectivity index (χ3n) is 3.52. The maximum absolute atomic E-state index is 12.5. The highest BCUT2D eigenvalue weighted by molar-refractivity contribution is 9.10. The van der Waals surface area contributed by atoms with Crippen molar-refractivity contribution >= 4 is 38.3 Å². The van der Waals surface area contributed by atoms with Crippen molar-refractivity contribution in [1.82, 2.24) is 0 Å². The van der Waals surface area contributed by atoms with Gasteiger partial charge in [-0.3, -0.25) is 4.79 Å². The number of benzene rings is 3. The smallest absolute Gasteiger partial charge is 0.259 e. The van der Waals surface area contributed by atoms with Gasteiger partial charge >= 0.3 is 0 Å². The van der Waals surface area contributed by atoms with Crippen molar-refractivity contribution in [2.24, 2.45) is 0 Å². The molecule has 3 aromatic carbocycles. The highest BCUT2D eigenvalue weighted by atomic mass is 79.9. The van der Waals surface area contributed by atoms with E-state index in [1.54, 1.807) is 24.3 Å². The molecule has 3 rings (SSSR count). The van der Waals surface area contributed by atoms with E-state index in [0.717, 1.165) is 15.2 Å². The van der Waals surface area contributed by atoms with Gasteiger partial charge in [0.1, 0.15) is 11.5 Å². The van der Waals surface area contributed by atoms with E-state index in [1.165, 1.54) is 7.11 Å². The van der Waals surface area contributed by atoms with Crippen LogP contribution in [0.5, 0.6) is 11.5 Å². The average Bonchev–Trinajstić information content (AvgIpc) is 2.54. The zero-order valence-corrected chi connectivity index (χ0v) is 13.9. The molecule has 23 heavy (non-hydrogen) atoms. The Morgan fingerprint density at radius 2 is 1.78 bits per heavy atom. The molecule has 0 heterocycles. The lowest BCUT2D eigenvalue weighted by atomic mass is 10.1. The van der Waals surface area contributed by atoms with Gasteiger partial charge < -0.3 is 15.2 Å². The number of hydrogen-bond donors (Lipinski definition) is 2. The molecule has 0 fully saturated rings. The number of rotatable bonds is 3. The van der Waals surface area contributed by atoms with Crippen molar-refractivity contribution < 1.29 is 14.6 Å². The van der Waals surface area contributed by atoms with Gasteiger partial charge in [-0.2, -0.15) is 0 Å².